The summed E-state index contributed by atoms with van der Waals surface area (Å²) in [5.74, 6) is 0.181. The van der Waals surface area contributed by atoms with E-state index in [0.29, 0.717) is 29.9 Å². The third-order valence-corrected chi connectivity index (χ3v) is 4.39. The minimum atomic E-state index is -0.131. The monoisotopic (exact) mass is 313 g/mol. The number of hydrogen-bond donors (Lipinski definition) is 0. The Morgan fingerprint density at radius 2 is 2.00 bits per heavy atom. The van der Waals surface area contributed by atoms with Crippen molar-refractivity contribution in [1.82, 2.24) is 20.0 Å². The van der Waals surface area contributed by atoms with Crippen LogP contribution in [-0.2, 0) is 4.79 Å². The number of carbonyl (C=O) groups is 2. The SMILES string of the molecule is Cc1c(C(=O)N(C)c2ccnnc2)cnn1C1CCC(=O)CC1. The van der Waals surface area contributed by atoms with Crippen LogP contribution in [0.5, 0.6) is 0 Å². The molecule has 0 bridgehead atoms. The molecule has 7 heteroatoms. The molecule has 1 aliphatic rings. The van der Waals surface area contributed by atoms with Crippen molar-refractivity contribution < 1.29 is 9.59 Å². The highest BCUT2D eigenvalue weighted by Gasteiger charge is 2.25. The van der Waals surface area contributed by atoms with E-state index in [0.717, 1.165) is 18.5 Å². The predicted molar refractivity (Wildman–Crippen MR) is 84.2 cm³/mol. The number of aromatic nitrogens is 4. The van der Waals surface area contributed by atoms with E-state index in [4.69, 9.17) is 0 Å². The highest BCUT2D eigenvalue weighted by atomic mass is 16.2. The van der Waals surface area contributed by atoms with Gasteiger partial charge in [0.15, 0.2) is 0 Å². The Labute approximate surface area is 134 Å². The van der Waals surface area contributed by atoms with Crippen LogP contribution in [0.4, 0.5) is 5.69 Å². The fourth-order valence-electron chi connectivity index (χ4n) is 2.95. The van der Waals surface area contributed by atoms with Gasteiger partial charge < -0.3 is 4.90 Å². The van der Waals surface area contributed by atoms with Crippen LogP contribution in [0.3, 0.4) is 0 Å². The zero-order chi connectivity index (χ0) is 16.4. The van der Waals surface area contributed by atoms with Gasteiger partial charge in [0.25, 0.3) is 5.91 Å². The van der Waals surface area contributed by atoms with Crippen molar-refractivity contribution in [2.45, 2.75) is 38.6 Å². The van der Waals surface area contributed by atoms with Crippen molar-refractivity contribution in [3.63, 3.8) is 0 Å². The van der Waals surface area contributed by atoms with E-state index in [1.54, 1.807) is 31.7 Å². The van der Waals surface area contributed by atoms with E-state index in [9.17, 15) is 9.59 Å². The number of amides is 1. The third-order valence-electron chi connectivity index (χ3n) is 4.39. The summed E-state index contributed by atoms with van der Waals surface area (Å²) in [4.78, 5) is 25.6. The fourth-order valence-corrected chi connectivity index (χ4v) is 2.95. The number of carbonyl (C=O) groups excluding carboxylic acids is 2. The van der Waals surface area contributed by atoms with Crippen LogP contribution in [0.1, 0.15) is 47.8 Å². The maximum Gasteiger partial charge on any atom is 0.261 e. The summed E-state index contributed by atoms with van der Waals surface area (Å²) in [6, 6.07) is 1.93. The molecule has 1 amide bonds. The van der Waals surface area contributed by atoms with Gasteiger partial charge >= 0.3 is 0 Å². The van der Waals surface area contributed by atoms with Gasteiger partial charge in [-0.15, -0.1) is 0 Å². The second kappa shape index (κ2) is 6.28. The van der Waals surface area contributed by atoms with Crippen molar-refractivity contribution in [3.05, 3.63) is 35.9 Å². The first-order valence-corrected chi connectivity index (χ1v) is 7.68. The van der Waals surface area contributed by atoms with Crippen molar-refractivity contribution in [1.29, 1.82) is 0 Å². The molecule has 1 aliphatic carbocycles. The van der Waals surface area contributed by atoms with E-state index in [1.807, 2.05) is 11.6 Å². The minimum absolute atomic E-state index is 0.131. The van der Waals surface area contributed by atoms with Crippen molar-refractivity contribution >= 4 is 17.4 Å². The van der Waals surface area contributed by atoms with Crippen molar-refractivity contribution in [2.24, 2.45) is 0 Å². The van der Waals surface area contributed by atoms with E-state index >= 15 is 0 Å². The molecule has 23 heavy (non-hydrogen) atoms. The lowest BCUT2D eigenvalue weighted by molar-refractivity contribution is -0.120. The van der Waals surface area contributed by atoms with Crippen LogP contribution in [-0.4, -0.2) is 38.7 Å². The number of ketones is 1. The molecule has 120 valence electrons. The molecule has 2 heterocycles. The van der Waals surface area contributed by atoms with Crippen LogP contribution in [0.15, 0.2) is 24.7 Å². The van der Waals surface area contributed by atoms with Crippen LogP contribution >= 0.6 is 0 Å². The average molecular weight is 313 g/mol. The Kier molecular flexibility index (Phi) is 4.18. The Hall–Kier alpha value is -2.57. The van der Waals surface area contributed by atoms with Gasteiger partial charge in [-0.1, -0.05) is 0 Å². The Morgan fingerprint density at radius 3 is 2.65 bits per heavy atom. The predicted octanol–water partition coefficient (Wildman–Crippen LogP) is 1.94. The molecule has 0 N–H and O–H groups in total. The highest BCUT2D eigenvalue weighted by molar-refractivity contribution is 6.06. The summed E-state index contributed by atoms with van der Waals surface area (Å²) < 4.78 is 1.89. The van der Waals surface area contributed by atoms with E-state index < -0.39 is 0 Å². The Balaban J connectivity index is 1.81. The molecule has 2 aromatic heterocycles. The minimum Gasteiger partial charge on any atom is -0.310 e. The van der Waals surface area contributed by atoms with Crippen LogP contribution in [0.25, 0.3) is 0 Å². The normalized spacial score (nSPS) is 15.7. The lowest BCUT2D eigenvalue weighted by Crippen LogP contribution is -2.27. The van der Waals surface area contributed by atoms with E-state index in [1.165, 1.54) is 4.90 Å². The first-order valence-electron chi connectivity index (χ1n) is 7.68. The first kappa shape index (κ1) is 15.3. The lowest BCUT2D eigenvalue weighted by Gasteiger charge is -2.23. The van der Waals surface area contributed by atoms with Gasteiger partial charge in [-0.2, -0.15) is 15.3 Å². The quantitative estimate of drug-likeness (QED) is 0.865. The van der Waals surface area contributed by atoms with Crippen molar-refractivity contribution in [2.75, 3.05) is 11.9 Å². The molecular weight excluding hydrogens is 294 g/mol. The summed E-state index contributed by atoms with van der Waals surface area (Å²) in [6.07, 6.45) is 7.47. The second-order valence-corrected chi connectivity index (χ2v) is 5.82. The fraction of sp³-hybridized carbons (Fsp3) is 0.438. The summed E-state index contributed by atoms with van der Waals surface area (Å²) >= 11 is 0. The highest BCUT2D eigenvalue weighted by Crippen LogP contribution is 2.28. The maximum atomic E-state index is 12.7. The van der Waals surface area contributed by atoms with Crippen LogP contribution in [0.2, 0.25) is 0 Å². The molecule has 1 fully saturated rings. The smallest absolute Gasteiger partial charge is 0.261 e. The Morgan fingerprint density at radius 1 is 1.26 bits per heavy atom. The molecule has 7 nitrogen and oxygen atoms in total. The molecule has 3 rings (SSSR count). The van der Waals surface area contributed by atoms with Gasteiger partial charge in [0.2, 0.25) is 0 Å². The molecule has 0 aliphatic heterocycles. The summed E-state index contributed by atoms with van der Waals surface area (Å²) in [7, 11) is 1.70. The van der Waals surface area contributed by atoms with E-state index in [-0.39, 0.29) is 11.9 Å². The summed E-state index contributed by atoms with van der Waals surface area (Å²) in [6.45, 7) is 1.90. The van der Waals surface area contributed by atoms with Gasteiger partial charge in [0, 0.05) is 25.6 Å². The molecule has 0 unspecified atom stereocenters. The number of Topliss-reactive ketones (excluding diaryl/α,β-unsaturated/α-hetero) is 1. The van der Waals surface area contributed by atoms with Gasteiger partial charge in [-0.05, 0) is 25.8 Å². The molecule has 2 aromatic rings. The van der Waals surface area contributed by atoms with Gasteiger partial charge in [-0.3, -0.25) is 14.3 Å². The Bertz CT molecular complexity index is 715. The number of anilines is 1. The number of hydrogen-bond acceptors (Lipinski definition) is 5. The zero-order valence-corrected chi connectivity index (χ0v) is 13.3. The van der Waals surface area contributed by atoms with Crippen LogP contribution in [0, 0.1) is 6.92 Å². The topological polar surface area (TPSA) is 81.0 Å². The maximum absolute atomic E-state index is 12.7. The molecule has 0 atom stereocenters. The van der Waals surface area contributed by atoms with Gasteiger partial charge in [-0.25, -0.2) is 0 Å². The first-order chi connectivity index (χ1) is 11.1. The average Bonchev–Trinajstić information content (AvgIpc) is 2.96. The van der Waals surface area contributed by atoms with Gasteiger partial charge in [0.05, 0.1) is 35.9 Å². The molecule has 0 spiro atoms. The molecule has 0 saturated heterocycles. The molecule has 1 saturated carbocycles. The second-order valence-electron chi connectivity index (χ2n) is 5.82. The van der Waals surface area contributed by atoms with Crippen molar-refractivity contribution in [3.8, 4) is 0 Å². The standard InChI is InChI=1S/C16H19N5O2/c1-11-15(16(23)20(2)13-7-8-17-18-9-13)10-19-21(11)12-3-5-14(22)6-4-12/h7-10,12H,3-6H2,1-2H3. The molecular formula is C16H19N5O2. The van der Waals surface area contributed by atoms with E-state index in [2.05, 4.69) is 15.3 Å². The molecule has 0 aromatic carbocycles. The summed E-state index contributed by atoms with van der Waals surface area (Å²) in [5, 5.41) is 11.9. The number of rotatable bonds is 3. The van der Waals surface area contributed by atoms with Crippen LogP contribution < -0.4 is 4.90 Å². The number of nitrogens with zero attached hydrogens (tertiary/aromatic N) is 5. The lowest BCUT2D eigenvalue weighted by atomic mass is 9.94. The summed E-state index contributed by atoms with van der Waals surface area (Å²) in [5.41, 5.74) is 2.09. The zero-order valence-electron chi connectivity index (χ0n) is 13.3. The molecule has 0 radical (unpaired) electrons. The van der Waals surface area contributed by atoms with Gasteiger partial charge in [0.1, 0.15) is 5.78 Å². The largest absolute Gasteiger partial charge is 0.310 e. The third kappa shape index (κ3) is 2.99.